The highest BCUT2D eigenvalue weighted by atomic mass is 16.4. The number of pyridine rings is 1. The van der Waals surface area contributed by atoms with Crippen LogP contribution in [0.4, 0.5) is 5.95 Å². The number of aromatic carboxylic acids is 1. The molecule has 0 aliphatic carbocycles. The van der Waals surface area contributed by atoms with Crippen molar-refractivity contribution in [3.8, 4) is 11.4 Å². The summed E-state index contributed by atoms with van der Waals surface area (Å²) in [4.78, 5) is 23.8. The first-order chi connectivity index (χ1) is 10.1. The SMILES string of the molecule is CCC(CC)Nc1nccc(-c2cc(C(=O)O)ccn2)n1. The van der Waals surface area contributed by atoms with Crippen molar-refractivity contribution in [1.82, 2.24) is 15.0 Å². The molecule has 0 aliphatic heterocycles. The molecule has 0 atom stereocenters. The van der Waals surface area contributed by atoms with Crippen LogP contribution in [0.3, 0.4) is 0 Å². The Morgan fingerprint density at radius 3 is 2.57 bits per heavy atom. The average molecular weight is 286 g/mol. The summed E-state index contributed by atoms with van der Waals surface area (Å²) >= 11 is 0. The van der Waals surface area contributed by atoms with Gasteiger partial charge in [-0.15, -0.1) is 0 Å². The van der Waals surface area contributed by atoms with E-state index in [9.17, 15) is 4.79 Å². The fourth-order valence-corrected chi connectivity index (χ4v) is 1.95. The Kier molecular flexibility index (Phi) is 4.81. The van der Waals surface area contributed by atoms with E-state index >= 15 is 0 Å². The predicted molar refractivity (Wildman–Crippen MR) is 80.2 cm³/mol. The molecule has 0 aromatic carbocycles. The van der Waals surface area contributed by atoms with Gasteiger partial charge < -0.3 is 10.4 Å². The third kappa shape index (κ3) is 3.75. The highest BCUT2D eigenvalue weighted by Gasteiger charge is 2.09. The number of carboxylic acids is 1. The number of aromatic nitrogens is 3. The van der Waals surface area contributed by atoms with Crippen molar-refractivity contribution < 1.29 is 9.90 Å². The minimum Gasteiger partial charge on any atom is -0.478 e. The Hall–Kier alpha value is -2.50. The van der Waals surface area contributed by atoms with Gasteiger partial charge >= 0.3 is 5.97 Å². The van der Waals surface area contributed by atoms with Crippen LogP contribution >= 0.6 is 0 Å². The van der Waals surface area contributed by atoms with Crippen LogP contribution in [-0.4, -0.2) is 32.1 Å². The Morgan fingerprint density at radius 1 is 1.19 bits per heavy atom. The minimum atomic E-state index is -0.983. The van der Waals surface area contributed by atoms with E-state index in [1.807, 2.05) is 0 Å². The second kappa shape index (κ2) is 6.78. The van der Waals surface area contributed by atoms with Gasteiger partial charge in [0.2, 0.25) is 5.95 Å². The van der Waals surface area contributed by atoms with Gasteiger partial charge in [-0.2, -0.15) is 0 Å². The molecule has 110 valence electrons. The summed E-state index contributed by atoms with van der Waals surface area (Å²) in [5.74, 6) is -0.452. The molecule has 2 N–H and O–H groups in total. The van der Waals surface area contributed by atoms with Gasteiger partial charge in [0.05, 0.1) is 17.0 Å². The zero-order valence-corrected chi connectivity index (χ0v) is 12.1. The van der Waals surface area contributed by atoms with Crippen molar-refractivity contribution in [3.05, 3.63) is 36.2 Å². The Bertz CT molecular complexity index is 627. The van der Waals surface area contributed by atoms with Crippen LogP contribution in [0.2, 0.25) is 0 Å². The summed E-state index contributed by atoms with van der Waals surface area (Å²) in [5, 5.41) is 12.3. The van der Waals surface area contributed by atoms with Crippen LogP contribution in [0.1, 0.15) is 37.0 Å². The molecule has 0 spiro atoms. The Labute approximate surface area is 123 Å². The third-order valence-electron chi connectivity index (χ3n) is 3.24. The highest BCUT2D eigenvalue weighted by molar-refractivity contribution is 5.88. The number of carbonyl (C=O) groups is 1. The van der Waals surface area contributed by atoms with E-state index in [2.05, 4.69) is 34.1 Å². The second-order valence-electron chi connectivity index (χ2n) is 4.66. The lowest BCUT2D eigenvalue weighted by Gasteiger charge is -2.14. The molecule has 2 heterocycles. The lowest BCUT2D eigenvalue weighted by atomic mass is 10.2. The maximum Gasteiger partial charge on any atom is 0.335 e. The monoisotopic (exact) mass is 286 g/mol. The molecule has 0 radical (unpaired) electrons. The van der Waals surface area contributed by atoms with Crippen molar-refractivity contribution in [2.75, 3.05) is 5.32 Å². The van der Waals surface area contributed by atoms with E-state index in [0.29, 0.717) is 23.4 Å². The molecule has 6 heteroatoms. The van der Waals surface area contributed by atoms with E-state index in [0.717, 1.165) is 12.8 Å². The molecule has 6 nitrogen and oxygen atoms in total. The van der Waals surface area contributed by atoms with Crippen LogP contribution in [0, 0.1) is 0 Å². The molecular formula is C15H18N4O2. The average Bonchev–Trinajstić information content (AvgIpc) is 2.53. The number of nitrogens with zero attached hydrogens (tertiary/aromatic N) is 3. The molecule has 0 saturated heterocycles. The summed E-state index contributed by atoms with van der Waals surface area (Å²) in [6.07, 6.45) is 5.07. The number of carboxylic acid groups (broad SMARTS) is 1. The van der Waals surface area contributed by atoms with Crippen LogP contribution in [0.5, 0.6) is 0 Å². The lowest BCUT2D eigenvalue weighted by Crippen LogP contribution is -2.18. The first-order valence-electron chi connectivity index (χ1n) is 6.93. The zero-order chi connectivity index (χ0) is 15.2. The van der Waals surface area contributed by atoms with Gasteiger partial charge in [-0.3, -0.25) is 4.98 Å². The number of hydrogen-bond donors (Lipinski definition) is 2. The Balaban J connectivity index is 2.28. The quantitative estimate of drug-likeness (QED) is 0.849. The molecule has 0 aliphatic rings. The van der Waals surface area contributed by atoms with E-state index in [-0.39, 0.29) is 5.56 Å². The standard InChI is InChI=1S/C15H18N4O2/c1-3-11(4-2)18-15-17-8-6-12(19-15)13-9-10(14(20)21)5-7-16-13/h5-9,11H,3-4H2,1-2H3,(H,20,21)(H,17,18,19). The molecule has 0 fully saturated rings. The summed E-state index contributed by atoms with van der Waals surface area (Å²) in [5.41, 5.74) is 1.31. The topological polar surface area (TPSA) is 88.0 Å². The zero-order valence-electron chi connectivity index (χ0n) is 12.1. The molecule has 0 bridgehead atoms. The molecular weight excluding hydrogens is 268 g/mol. The van der Waals surface area contributed by atoms with E-state index in [1.165, 1.54) is 18.3 Å². The molecule has 0 saturated carbocycles. The summed E-state index contributed by atoms with van der Waals surface area (Å²) in [6, 6.07) is 4.99. The normalized spacial score (nSPS) is 10.6. The first kappa shape index (κ1) is 14.9. The largest absolute Gasteiger partial charge is 0.478 e. The fraction of sp³-hybridized carbons (Fsp3) is 0.333. The molecule has 2 aromatic rings. The van der Waals surface area contributed by atoms with Crippen molar-refractivity contribution in [2.45, 2.75) is 32.7 Å². The summed E-state index contributed by atoms with van der Waals surface area (Å²) in [7, 11) is 0. The van der Waals surface area contributed by atoms with Gasteiger partial charge in [0, 0.05) is 18.4 Å². The molecule has 2 aromatic heterocycles. The molecule has 0 amide bonds. The fourth-order valence-electron chi connectivity index (χ4n) is 1.95. The van der Waals surface area contributed by atoms with Crippen molar-refractivity contribution in [3.63, 3.8) is 0 Å². The third-order valence-corrected chi connectivity index (χ3v) is 3.24. The number of nitrogens with one attached hydrogen (secondary N) is 1. The van der Waals surface area contributed by atoms with Gasteiger partial charge in [-0.05, 0) is 31.0 Å². The number of rotatable bonds is 6. The lowest BCUT2D eigenvalue weighted by molar-refractivity contribution is 0.0697. The van der Waals surface area contributed by atoms with Gasteiger partial charge in [-0.25, -0.2) is 14.8 Å². The van der Waals surface area contributed by atoms with Gasteiger partial charge in [0.15, 0.2) is 0 Å². The van der Waals surface area contributed by atoms with Crippen LogP contribution in [-0.2, 0) is 0 Å². The van der Waals surface area contributed by atoms with E-state index in [1.54, 1.807) is 12.3 Å². The van der Waals surface area contributed by atoms with Gasteiger partial charge in [0.25, 0.3) is 0 Å². The van der Waals surface area contributed by atoms with Crippen LogP contribution in [0.15, 0.2) is 30.6 Å². The second-order valence-corrected chi connectivity index (χ2v) is 4.66. The maximum absolute atomic E-state index is 11.0. The molecule has 21 heavy (non-hydrogen) atoms. The van der Waals surface area contributed by atoms with Gasteiger partial charge in [-0.1, -0.05) is 13.8 Å². The van der Waals surface area contributed by atoms with E-state index in [4.69, 9.17) is 5.11 Å². The number of anilines is 1. The Morgan fingerprint density at radius 2 is 1.90 bits per heavy atom. The maximum atomic E-state index is 11.0. The molecule has 0 unspecified atom stereocenters. The predicted octanol–water partition coefficient (Wildman–Crippen LogP) is 2.84. The summed E-state index contributed by atoms with van der Waals surface area (Å²) in [6.45, 7) is 4.20. The van der Waals surface area contributed by atoms with Crippen LogP contribution in [0.25, 0.3) is 11.4 Å². The van der Waals surface area contributed by atoms with E-state index < -0.39 is 5.97 Å². The van der Waals surface area contributed by atoms with Crippen LogP contribution < -0.4 is 5.32 Å². The highest BCUT2D eigenvalue weighted by Crippen LogP contribution is 2.17. The number of hydrogen-bond acceptors (Lipinski definition) is 5. The smallest absolute Gasteiger partial charge is 0.335 e. The van der Waals surface area contributed by atoms with Gasteiger partial charge in [0.1, 0.15) is 0 Å². The van der Waals surface area contributed by atoms with Crippen molar-refractivity contribution in [1.29, 1.82) is 0 Å². The summed E-state index contributed by atoms with van der Waals surface area (Å²) < 4.78 is 0. The molecule has 2 rings (SSSR count). The first-order valence-corrected chi connectivity index (χ1v) is 6.93. The minimum absolute atomic E-state index is 0.188. The van der Waals surface area contributed by atoms with Crippen molar-refractivity contribution >= 4 is 11.9 Å². The van der Waals surface area contributed by atoms with Crippen molar-refractivity contribution in [2.24, 2.45) is 0 Å².